The summed E-state index contributed by atoms with van der Waals surface area (Å²) in [5.74, 6) is 0. The normalized spacial score (nSPS) is 13.3. The molecule has 1 unspecified atom stereocenters. The third-order valence-corrected chi connectivity index (χ3v) is 4.71. The summed E-state index contributed by atoms with van der Waals surface area (Å²) in [5, 5.41) is 7.86. The van der Waals surface area contributed by atoms with Gasteiger partial charge in [-0.2, -0.15) is 9.57 Å². The highest BCUT2D eigenvalue weighted by Crippen LogP contribution is 2.13. The van der Waals surface area contributed by atoms with Crippen molar-refractivity contribution in [2.75, 3.05) is 7.05 Å². The zero-order valence-electron chi connectivity index (χ0n) is 10.00. The van der Waals surface area contributed by atoms with Crippen LogP contribution in [0.3, 0.4) is 0 Å². The van der Waals surface area contributed by atoms with E-state index in [-0.39, 0.29) is 0 Å². The van der Waals surface area contributed by atoms with Gasteiger partial charge in [0, 0.05) is 13.6 Å². The van der Waals surface area contributed by atoms with Crippen molar-refractivity contribution in [1.29, 1.82) is 5.26 Å². The minimum Gasteiger partial charge on any atom is -0.211 e. The number of rotatable bonds is 5. The molecule has 0 aliphatic rings. The second kappa shape index (κ2) is 5.80. The number of benzene rings is 1. The van der Waals surface area contributed by atoms with Gasteiger partial charge < -0.3 is 0 Å². The Morgan fingerprint density at radius 3 is 2.41 bits per heavy atom. The van der Waals surface area contributed by atoms with Crippen LogP contribution in [0.5, 0.6) is 0 Å². The van der Waals surface area contributed by atoms with Crippen LogP contribution >= 0.6 is 0 Å². The summed E-state index contributed by atoms with van der Waals surface area (Å²) in [6.45, 7) is 1.99. The van der Waals surface area contributed by atoms with E-state index in [1.807, 2.05) is 36.4 Å². The molecular weight excluding hydrogens is 236 g/mol. The molecule has 0 saturated heterocycles. The van der Waals surface area contributed by atoms with Crippen LogP contribution in [0.4, 0.5) is 0 Å². The molecule has 1 atom stereocenters. The minimum absolute atomic E-state index is 0.293. The summed E-state index contributed by atoms with van der Waals surface area (Å²) in [7, 11) is -2.02. The van der Waals surface area contributed by atoms with E-state index >= 15 is 0 Å². The molecule has 17 heavy (non-hydrogen) atoms. The predicted octanol–water partition coefficient (Wildman–Crippen LogP) is 1.75. The van der Waals surface area contributed by atoms with E-state index in [2.05, 4.69) is 0 Å². The molecule has 0 N–H and O–H groups in total. The third-order valence-electron chi connectivity index (χ3n) is 2.56. The molecule has 0 saturated carbocycles. The van der Waals surface area contributed by atoms with Crippen molar-refractivity contribution in [2.24, 2.45) is 0 Å². The van der Waals surface area contributed by atoms with E-state index in [1.54, 1.807) is 6.92 Å². The molecule has 92 valence electrons. The van der Waals surface area contributed by atoms with Crippen molar-refractivity contribution in [1.82, 2.24) is 4.31 Å². The lowest BCUT2D eigenvalue weighted by Gasteiger charge is -2.19. The maximum absolute atomic E-state index is 12.0. The van der Waals surface area contributed by atoms with E-state index in [9.17, 15) is 8.42 Å². The zero-order chi connectivity index (χ0) is 12.9. The smallest absolute Gasteiger partial charge is 0.211 e. The fourth-order valence-corrected chi connectivity index (χ4v) is 2.83. The van der Waals surface area contributed by atoms with Gasteiger partial charge in [0.05, 0.1) is 6.07 Å². The van der Waals surface area contributed by atoms with Gasteiger partial charge in [0.25, 0.3) is 0 Å². The molecule has 5 heteroatoms. The lowest BCUT2D eigenvalue weighted by Crippen LogP contribution is -2.34. The van der Waals surface area contributed by atoms with Crippen molar-refractivity contribution >= 4 is 10.0 Å². The van der Waals surface area contributed by atoms with Gasteiger partial charge in [-0.3, -0.25) is 0 Å². The molecule has 0 aromatic heterocycles. The molecule has 0 radical (unpaired) electrons. The summed E-state index contributed by atoms with van der Waals surface area (Å²) < 4.78 is 25.2. The first-order valence-electron chi connectivity index (χ1n) is 5.41. The van der Waals surface area contributed by atoms with E-state index < -0.39 is 15.3 Å². The molecule has 0 bridgehead atoms. The summed E-state index contributed by atoms with van der Waals surface area (Å²) in [6.07, 6.45) is 0.304. The van der Waals surface area contributed by atoms with Crippen LogP contribution in [0.2, 0.25) is 0 Å². The van der Waals surface area contributed by atoms with Crippen LogP contribution in [-0.4, -0.2) is 25.0 Å². The van der Waals surface area contributed by atoms with Crippen LogP contribution in [0, 0.1) is 11.3 Å². The maximum Gasteiger partial charge on any atom is 0.230 e. The van der Waals surface area contributed by atoms with Crippen molar-refractivity contribution in [3.63, 3.8) is 0 Å². The highest BCUT2D eigenvalue weighted by molar-refractivity contribution is 7.89. The Kier molecular flexibility index (Phi) is 4.67. The van der Waals surface area contributed by atoms with Crippen molar-refractivity contribution in [3.05, 3.63) is 35.9 Å². The fraction of sp³-hybridized carbons (Fsp3) is 0.417. The van der Waals surface area contributed by atoms with Gasteiger partial charge in [-0.15, -0.1) is 0 Å². The van der Waals surface area contributed by atoms with E-state index in [0.29, 0.717) is 13.0 Å². The third kappa shape index (κ3) is 3.29. The molecule has 1 aromatic carbocycles. The van der Waals surface area contributed by atoms with E-state index in [0.717, 1.165) is 5.56 Å². The molecule has 0 heterocycles. The SMILES string of the molecule is CCC(C#N)S(=O)(=O)N(C)Cc1ccccc1. The summed E-state index contributed by atoms with van der Waals surface area (Å²) >= 11 is 0. The molecule has 1 aromatic rings. The Hall–Kier alpha value is -1.38. The highest BCUT2D eigenvalue weighted by Gasteiger charge is 2.28. The average molecular weight is 252 g/mol. The van der Waals surface area contributed by atoms with Crippen LogP contribution in [-0.2, 0) is 16.6 Å². The molecule has 0 fully saturated rings. The summed E-state index contributed by atoms with van der Waals surface area (Å²) in [5.41, 5.74) is 0.909. The van der Waals surface area contributed by atoms with E-state index in [4.69, 9.17) is 5.26 Å². The van der Waals surface area contributed by atoms with Crippen LogP contribution < -0.4 is 0 Å². The van der Waals surface area contributed by atoms with Gasteiger partial charge in [-0.25, -0.2) is 8.42 Å². The topological polar surface area (TPSA) is 61.2 Å². The molecular formula is C12H16N2O2S. The zero-order valence-corrected chi connectivity index (χ0v) is 10.8. The lowest BCUT2D eigenvalue weighted by molar-refractivity contribution is 0.460. The predicted molar refractivity (Wildman–Crippen MR) is 66.5 cm³/mol. The average Bonchev–Trinajstić information content (AvgIpc) is 2.31. The standard InChI is InChI=1S/C12H16N2O2S/c1-3-12(9-13)17(15,16)14(2)10-11-7-5-4-6-8-11/h4-8,12H,3,10H2,1-2H3. The van der Waals surface area contributed by atoms with Crippen molar-refractivity contribution in [2.45, 2.75) is 25.1 Å². The molecule has 0 amide bonds. The molecule has 0 aliphatic carbocycles. The number of nitriles is 1. The largest absolute Gasteiger partial charge is 0.230 e. The van der Waals surface area contributed by atoms with Crippen molar-refractivity contribution < 1.29 is 8.42 Å². The van der Waals surface area contributed by atoms with Gasteiger partial charge in [-0.1, -0.05) is 37.3 Å². The molecule has 0 aliphatic heterocycles. The van der Waals surface area contributed by atoms with Crippen molar-refractivity contribution in [3.8, 4) is 6.07 Å². The minimum atomic E-state index is -3.53. The highest BCUT2D eigenvalue weighted by atomic mass is 32.2. The van der Waals surface area contributed by atoms with Crippen LogP contribution in [0.25, 0.3) is 0 Å². The second-order valence-electron chi connectivity index (χ2n) is 3.81. The Morgan fingerprint density at radius 2 is 1.94 bits per heavy atom. The first-order valence-corrected chi connectivity index (χ1v) is 6.91. The van der Waals surface area contributed by atoms with Crippen LogP contribution in [0.1, 0.15) is 18.9 Å². The monoisotopic (exact) mass is 252 g/mol. The van der Waals surface area contributed by atoms with E-state index in [1.165, 1.54) is 11.4 Å². The number of hydrogen-bond donors (Lipinski definition) is 0. The Balaban J connectivity index is 2.84. The van der Waals surface area contributed by atoms with Gasteiger partial charge in [-0.05, 0) is 12.0 Å². The van der Waals surface area contributed by atoms with Gasteiger partial charge in [0.2, 0.25) is 10.0 Å². The first kappa shape index (κ1) is 13.7. The number of nitrogens with zero attached hydrogens (tertiary/aromatic N) is 2. The van der Waals surface area contributed by atoms with Gasteiger partial charge >= 0.3 is 0 Å². The number of sulfonamides is 1. The Bertz CT molecular complexity index is 491. The lowest BCUT2D eigenvalue weighted by atomic mass is 10.2. The first-order chi connectivity index (χ1) is 8.02. The number of hydrogen-bond acceptors (Lipinski definition) is 3. The Morgan fingerprint density at radius 1 is 1.35 bits per heavy atom. The summed E-state index contributed by atoms with van der Waals surface area (Å²) in [6, 6.07) is 11.1. The molecule has 0 spiro atoms. The van der Waals surface area contributed by atoms with Crippen LogP contribution in [0.15, 0.2) is 30.3 Å². The molecule has 4 nitrogen and oxygen atoms in total. The van der Waals surface area contributed by atoms with Gasteiger partial charge in [0.15, 0.2) is 5.25 Å². The quantitative estimate of drug-likeness (QED) is 0.802. The Labute approximate surface area is 103 Å². The fourth-order valence-electron chi connectivity index (χ4n) is 1.52. The summed E-state index contributed by atoms with van der Waals surface area (Å²) in [4.78, 5) is 0. The maximum atomic E-state index is 12.0. The van der Waals surface area contributed by atoms with Gasteiger partial charge in [0.1, 0.15) is 0 Å². The second-order valence-corrected chi connectivity index (χ2v) is 6.03. The molecule has 1 rings (SSSR count).